The summed E-state index contributed by atoms with van der Waals surface area (Å²) in [6, 6.07) is 12.9. The summed E-state index contributed by atoms with van der Waals surface area (Å²) in [5.41, 5.74) is 0.872. The second-order valence-electron chi connectivity index (χ2n) is 5.61. The average molecular weight is 442 g/mol. The Kier molecular flexibility index (Phi) is 5.28. The molecule has 1 amide bonds. The first-order chi connectivity index (χ1) is 12.0. The predicted molar refractivity (Wildman–Crippen MR) is 94.4 cm³/mol. The summed E-state index contributed by atoms with van der Waals surface area (Å²) < 4.78 is 1.27. The molecule has 0 fully saturated rings. The minimum atomic E-state index is -0.546. The number of aromatic amines is 1. The standard InChI is InChI=1S/C18H11ClN3O3.Y/c19-11-6-4-10(5-7-11)8-20-17(24)13-9-22-15-12(16(13)23)2-1-3-14(15)21-18(22)25;/h2-7,9H,8H2,(H,20,24)(H,21,25);/q-1;. The van der Waals surface area contributed by atoms with E-state index in [4.69, 9.17) is 11.6 Å². The van der Waals surface area contributed by atoms with Gasteiger partial charge < -0.3 is 15.1 Å². The number of amides is 1. The van der Waals surface area contributed by atoms with Crippen molar-refractivity contribution in [2.24, 2.45) is 0 Å². The summed E-state index contributed by atoms with van der Waals surface area (Å²) >= 11 is 5.83. The van der Waals surface area contributed by atoms with Gasteiger partial charge in [0.05, 0.1) is 5.56 Å². The number of carbonyl (C=O) groups excluding carboxylic acids is 1. The summed E-state index contributed by atoms with van der Waals surface area (Å²) in [5.74, 6) is -0.546. The maximum absolute atomic E-state index is 12.6. The average Bonchev–Trinajstić information content (AvgIpc) is 2.93. The van der Waals surface area contributed by atoms with E-state index in [2.05, 4.69) is 16.4 Å². The Morgan fingerprint density at radius 1 is 1.19 bits per heavy atom. The molecule has 2 aromatic heterocycles. The number of halogens is 1. The number of aromatic nitrogens is 2. The number of H-pyrrole nitrogens is 1. The van der Waals surface area contributed by atoms with Crippen molar-refractivity contribution in [3.8, 4) is 0 Å². The third-order valence-electron chi connectivity index (χ3n) is 4.03. The first-order valence-corrected chi connectivity index (χ1v) is 7.86. The molecule has 6 nitrogen and oxygen atoms in total. The molecule has 0 aliphatic heterocycles. The third-order valence-corrected chi connectivity index (χ3v) is 4.28. The van der Waals surface area contributed by atoms with Crippen molar-refractivity contribution < 1.29 is 37.5 Å². The van der Waals surface area contributed by atoms with Crippen LogP contribution < -0.4 is 16.4 Å². The first-order valence-electron chi connectivity index (χ1n) is 7.48. The molecule has 26 heavy (non-hydrogen) atoms. The van der Waals surface area contributed by atoms with Crippen molar-refractivity contribution in [3.63, 3.8) is 0 Å². The van der Waals surface area contributed by atoms with E-state index in [1.165, 1.54) is 16.7 Å². The number of hydrogen-bond acceptors (Lipinski definition) is 3. The number of rotatable bonds is 3. The van der Waals surface area contributed by atoms with Crippen molar-refractivity contribution in [1.29, 1.82) is 0 Å². The first kappa shape index (κ1) is 18.8. The summed E-state index contributed by atoms with van der Waals surface area (Å²) in [6.07, 6.45) is 1.27. The van der Waals surface area contributed by atoms with Crippen molar-refractivity contribution in [2.45, 2.75) is 6.54 Å². The van der Waals surface area contributed by atoms with E-state index in [9.17, 15) is 14.4 Å². The number of pyridine rings is 1. The van der Waals surface area contributed by atoms with E-state index < -0.39 is 17.0 Å². The number of carbonyl (C=O) groups is 1. The van der Waals surface area contributed by atoms with Gasteiger partial charge >= 0.3 is 5.69 Å². The van der Waals surface area contributed by atoms with Crippen LogP contribution in [0.25, 0.3) is 16.4 Å². The summed E-state index contributed by atoms with van der Waals surface area (Å²) in [5, 5.41) is 3.56. The second-order valence-corrected chi connectivity index (χ2v) is 6.05. The molecule has 2 aromatic carbocycles. The zero-order chi connectivity index (χ0) is 17.6. The molecule has 0 unspecified atom stereocenters. The molecule has 0 saturated heterocycles. The van der Waals surface area contributed by atoms with E-state index in [0.717, 1.165) is 5.56 Å². The van der Waals surface area contributed by atoms with Crippen molar-refractivity contribution in [3.05, 3.63) is 85.5 Å². The van der Waals surface area contributed by atoms with Crippen LogP contribution in [0.15, 0.2) is 52.2 Å². The van der Waals surface area contributed by atoms with Crippen molar-refractivity contribution in [2.75, 3.05) is 0 Å². The van der Waals surface area contributed by atoms with E-state index in [1.54, 1.807) is 30.3 Å². The fraction of sp³-hybridized carbons (Fsp3) is 0.0556. The minimum absolute atomic E-state index is 0. The quantitative estimate of drug-likeness (QED) is 0.477. The minimum Gasteiger partial charge on any atom is -0.359 e. The number of benzene rings is 2. The number of nitrogens with one attached hydrogen (secondary N) is 2. The van der Waals surface area contributed by atoms with Gasteiger partial charge in [-0.15, -0.1) is 0 Å². The summed E-state index contributed by atoms with van der Waals surface area (Å²) in [7, 11) is 0. The Morgan fingerprint density at radius 2 is 1.92 bits per heavy atom. The molecule has 0 saturated carbocycles. The predicted octanol–water partition coefficient (Wildman–Crippen LogP) is 1.96. The second kappa shape index (κ2) is 7.31. The van der Waals surface area contributed by atoms with E-state index in [0.29, 0.717) is 16.1 Å². The van der Waals surface area contributed by atoms with Crippen molar-refractivity contribution >= 4 is 33.9 Å². The molecule has 1 radical (unpaired) electrons. The number of hydrogen-bond donors (Lipinski definition) is 2. The third kappa shape index (κ3) is 3.20. The smallest absolute Gasteiger partial charge is 0.317 e. The molecule has 0 atom stereocenters. The Morgan fingerprint density at radius 3 is 2.65 bits per heavy atom. The van der Waals surface area contributed by atoms with Crippen LogP contribution in [0, 0.1) is 6.07 Å². The summed E-state index contributed by atoms with van der Waals surface area (Å²) in [4.78, 5) is 39.7. The van der Waals surface area contributed by atoms with E-state index in [-0.39, 0.29) is 50.2 Å². The normalized spacial score (nSPS) is 10.8. The molecule has 0 aliphatic carbocycles. The molecule has 127 valence electrons. The Balaban J connectivity index is 0.00000196. The largest absolute Gasteiger partial charge is 0.359 e. The molecule has 0 aliphatic rings. The molecule has 8 heteroatoms. The Hall–Kier alpha value is -2.02. The van der Waals surface area contributed by atoms with Gasteiger partial charge in [0.1, 0.15) is 5.43 Å². The van der Waals surface area contributed by atoms with Gasteiger partial charge in [-0.05, 0) is 28.7 Å². The van der Waals surface area contributed by atoms with Crippen molar-refractivity contribution in [1.82, 2.24) is 14.7 Å². The maximum atomic E-state index is 12.6. The molecule has 2 heterocycles. The van der Waals surface area contributed by atoms with Gasteiger partial charge in [-0.2, -0.15) is 18.2 Å². The van der Waals surface area contributed by atoms with Crippen LogP contribution in [-0.4, -0.2) is 15.3 Å². The van der Waals surface area contributed by atoms with Gasteiger partial charge in [-0.1, -0.05) is 29.1 Å². The van der Waals surface area contributed by atoms with Crippen LogP contribution in [0.4, 0.5) is 0 Å². The molecular weight excluding hydrogens is 431 g/mol. The maximum Gasteiger partial charge on any atom is 0.317 e. The van der Waals surface area contributed by atoms with Gasteiger partial charge in [-0.3, -0.25) is 9.20 Å². The number of imidazole rings is 1. The molecule has 4 rings (SSSR count). The molecule has 0 bridgehead atoms. The van der Waals surface area contributed by atoms with Crippen LogP contribution in [0.2, 0.25) is 5.02 Å². The van der Waals surface area contributed by atoms with Crippen LogP contribution in [-0.2, 0) is 39.3 Å². The molecule has 2 N–H and O–H groups in total. The van der Waals surface area contributed by atoms with Crippen LogP contribution >= 0.6 is 11.6 Å². The molecule has 4 aromatic rings. The monoisotopic (exact) mass is 441 g/mol. The van der Waals surface area contributed by atoms with Crippen LogP contribution in [0.1, 0.15) is 15.9 Å². The van der Waals surface area contributed by atoms with Gasteiger partial charge in [0, 0.05) is 50.5 Å². The molecule has 0 spiro atoms. The van der Waals surface area contributed by atoms with Gasteiger partial charge in [-0.25, -0.2) is 4.79 Å². The summed E-state index contributed by atoms with van der Waals surface area (Å²) in [6.45, 7) is 0.242. The van der Waals surface area contributed by atoms with E-state index in [1.807, 2.05) is 0 Å². The zero-order valence-corrected chi connectivity index (χ0v) is 17.0. The Bertz CT molecular complexity index is 1210. The van der Waals surface area contributed by atoms with Crippen LogP contribution in [0.3, 0.4) is 0 Å². The topological polar surface area (TPSA) is 83.4 Å². The fourth-order valence-electron chi connectivity index (χ4n) is 2.79. The number of nitrogens with zero attached hydrogens (tertiary/aromatic N) is 1. The van der Waals surface area contributed by atoms with E-state index >= 15 is 0 Å². The van der Waals surface area contributed by atoms with Crippen LogP contribution in [0.5, 0.6) is 0 Å². The SMILES string of the molecule is O=C(NCc1ccc(Cl)cc1)c1cn2c(=O)[nH]c3c[c-]cc(c1=O)c32.[Y]. The fourth-order valence-corrected chi connectivity index (χ4v) is 2.92. The van der Waals surface area contributed by atoms with Gasteiger partial charge in [0.15, 0.2) is 0 Å². The Labute approximate surface area is 177 Å². The van der Waals surface area contributed by atoms with Gasteiger partial charge in [0.25, 0.3) is 5.91 Å². The zero-order valence-electron chi connectivity index (χ0n) is 13.4. The molecular formula is C18H11ClN3O3Y-. The van der Waals surface area contributed by atoms with Gasteiger partial charge in [0.2, 0.25) is 0 Å².